The molecule has 31 heavy (non-hydrogen) atoms. The molecule has 6 nitrogen and oxygen atoms in total. The standard InChI is InChI=1S/C25H21NO5/c27-24(28)14-13-23-20-11-5-6-12-22(20)26(31-23)25(29)30-15-21-18-9-3-1-7-16(18)17-8-2-4-10-19(17)21/h1-12,21-22H,13-15H2,(H,27,28)/t22-/m0/s1. The Morgan fingerprint density at radius 1 is 1.00 bits per heavy atom. The third-order valence-corrected chi connectivity index (χ3v) is 5.86. The molecule has 0 radical (unpaired) electrons. The summed E-state index contributed by atoms with van der Waals surface area (Å²) in [5.74, 6) is -0.468. The number of carbonyl (C=O) groups excluding carboxylic acids is 1. The molecule has 3 aliphatic rings. The predicted molar refractivity (Wildman–Crippen MR) is 114 cm³/mol. The number of carboxylic acids is 1. The van der Waals surface area contributed by atoms with Crippen LogP contribution in [-0.2, 0) is 14.4 Å². The van der Waals surface area contributed by atoms with Crippen LogP contribution in [0.4, 0.5) is 4.79 Å². The Labute approximate surface area is 179 Å². The molecule has 0 aromatic heterocycles. The molecule has 0 unspecified atom stereocenters. The average Bonchev–Trinajstić information content (AvgIpc) is 3.32. The van der Waals surface area contributed by atoms with Gasteiger partial charge >= 0.3 is 12.1 Å². The van der Waals surface area contributed by atoms with Crippen molar-refractivity contribution in [3.05, 3.63) is 95.3 Å². The Bertz CT molecular complexity index is 1100. The molecule has 2 aliphatic carbocycles. The topological polar surface area (TPSA) is 76.1 Å². The van der Waals surface area contributed by atoms with Crippen LogP contribution >= 0.6 is 0 Å². The van der Waals surface area contributed by atoms with Crippen molar-refractivity contribution in [1.82, 2.24) is 5.06 Å². The molecule has 156 valence electrons. The van der Waals surface area contributed by atoms with Gasteiger partial charge in [-0.25, -0.2) is 4.79 Å². The van der Waals surface area contributed by atoms with Gasteiger partial charge in [-0.3, -0.25) is 4.79 Å². The van der Waals surface area contributed by atoms with Crippen molar-refractivity contribution in [1.29, 1.82) is 0 Å². The zero-order valence-electron chi connectivity index (χ0n) is 16.7. The number of allylic oxidation sites excluding steroid dienone is 3. The summed E-state index contributed by atoms with van der Waals surface area (Å²) >= 11 is 0. The maximum absolute atomic E-state index is 12.9. The molecule has 2 aromatic carbocycles. The van der Waals surface area contributed by atoms with Gasteiger partial charge in [0.15, 0.2) is 0 Å². The summed E-state index contributed by atoms with van der Waals surface area (Å²) in [6, 6.07) is 15.9. The van der Waals surface area contributed by atoms with Crippen LogP contribution in [0.5, 0.6) is 0 Å². The number of rotatable bonds is 5. The Hall–Kier alpha value is -3.80. The number of hydroxylamine groups is 2. The lowest BCUT2D eigenvalue weighted by Gasteiger charge is -2.23. The molecule has 5 rings (SSSR count). The molecule has 0 saturated carbocycles. The van der Waals surface area contributed by atoms with Crippen molar-refractivity contribution in [3.8, 4) is 11.1 Å². The maximum Gasteiger partial charge on any atom is 0.444 e. The largest absolute Gasteiger partial charge is 0.481 e. The van der Waals surface area contributed by atoms with E-state index in [9.17, 15) is 9.59 Å². The second-order valence-electron chi connectivity index (χ2n) is 7.68. The highest BCUT2D eigenvalue weighted by molar-refractivity contribution is 5.79. The van der Waals surface area contributed by atoms with Crippen LogP contribution in [0.3, 0.4) is 0 Å². The second-order valence-corrected chi connectivity index (χ2v) is 7.68. The number of hydrogen-bond acceptors (Lipinski definition) is 4. The van der Waals surface area contributed by atoms with E-state index in [2.05, 4.69) is 24.3 Å². The van der Waals surface area contributed by atoms with Gasteiger partial charge in [-0.15, -0.1) is 5.06 Å². The van der Waals surface area contributed by atoms with E-state index >= 15 is 0 Å². The summed E-state index contributed by atoms with van der Waals surface area (Å²) < 4.78 is 5.71. The number of aliphatic carboxylic acids is 1. The Kier molecular flexibility index (Phi) is 4.82. The van der Waals surface area contributed by atoms with Gasteiger partial charge in [-0.2, -0.15) is 0 Å². The van der Waals surface area contributed by atoms with E-state index in [1.807, 2.05) is 48.6 Å². The predicted octanol–water partition coefficient (Wildman–Crippen LogP) is 4.80. The van der Waals surface area contributed by atoms with Gasteiger partial charge in [-0.1, -0.05) is 72.8 Å². The van der Waals surface area contributed by atoms with E-state index in [1.54, 1.807) is 0 Å². The smallest absolute Gasteiger partial charge is 0.444 e. The van der Waals surface area contributed by atoms with Gasteiger partial charge in [0.05, 0.1) is 6.42 Å². The number of fused-ring (bicyclic) bond motifs is 4. The van der Waals surface area contributed by atoms with E-state index in [1.165, 1.54) is 5.06 Å². The molecule has 0 spiro atoms. The number of hydrogen-bond donors (Lipinski definition) is 1. The normalized spacial score (nSPS) is 18.5. The minimum atomic E-state index is -0.914. The molecule has 1 heterocycles. The number of nitrogens with zero attached hydrogens (tertiary/aromatic N) is 1. The SMILES string of the molecule is O=C(O)CCC1=C2C=CC=C[C@@H]2N(C(=O)OCC2c3ccccc3-c3ccccc32)O1. The van der Waals surface area contributed by atoms with Gasteiger partial charge in [-0.05, 0) is 22.3 Å². The van der Waals surface area contributed by atoms with Gasteiger partial charge in [0, 0.05) is 17.9 Å². The van der Waals surface area contributed by atoms with Crippen LogP contribution < -0.4 is 0 Å². The van der Waals surface area contributed by atoms with E-state index in [0.717, 1.165) is 27.8 Å². The van der Waals surface area contributed by atoms with Crippen molar-refractivity contribution in [2.24, 2.45) is 0 Å². The lowest BCUT2D eigenvalue weighted by Crippen LogP contribution is -2.36. The van der Waals surface area contributed by atoms with Gasteiger partial charge in [0.25, 0.3) is 0 Å². The van der Waals surface area contributed by atoms with Crippen LogP contribution in [0.25, 0.3) is 11.1 Å². The molecule has 0 fully saturated rings. The summed E-state index contributed by atoms with van der Waals surface area (Å²) in [5.41, 5.74) is 5.39. The molecular weight excluding hydrogens is 394 g/mol. The van der Waals surface area contributed by atoms with Crippen molar-refractivity contribution in [2.45, 2.75) is 24.8 Å². The molecule has 0 bridgehead atoms. The van der Waals surface area contributed by atoms with Crippen LogP contribution in [0, 0.1) is 0 Å². The first-order valence-electron chi connectivity index (χ1n) is 10.3. The first-order chi connectivity index (χ1) is 15.1. The lowest BCUT2D eigenvalue weighted by molar-refractivity contribution is -0.137. The highest BCUT2D eigenvalue weighted by Crippen LogP contribution is 2.44. The second kappa shape index (κ2) is 7.80. The lowest BCUT2D eigenvalue weighted by atomic mass is 9.98. The van der Waals surface area contributed by atoms with E-state index < -0.39 is 18.1 Å². The van der Waals surface area contributed by atoms with Crippen LogP contribution in [0.15, 0.2) is 84.2 Å². The fourth-order valence-electron chi connectivity index (χ4n) is 4.44. The summed E-state index contributed by atoms with van der Waals surface area (Å²) in [5, 5.41) is 10.2. The number of benzene rings is 2. The van der Waals surface area contributed by atoms with Gasteiger partial charge in [0.2, 0.25) is 0 Å². The third kappa shape index (κ3) is 3.40. The molecular formula is C25H21NO5. The average molecular weight is 415 g/mol. The Balaban J connectivity index is 1.32. The molecule has 6 heteroatoms. The van der Waals surface area contributed by atoms with Crippen molar-refractivity contribution in [3.63, 3.8) is 0 Å². The zero-order chi connectivity index (χ0) is 21.4. The minimum absolute atomic E-state index is 0.0420. The van der Waals surface area contributed by atoms with E-state index in [4.69, 9.17) is 14.7 Å². The summed E-state index contributed by atoms with van der Waals surface area (Å²) in [7, 11) is 0. The Morgan fingerprint density at radius 3 is 2.35 bits per heavy atom. The molecule has 0 saturated heterocycles. The van der Waals surface area contributed by atoms with E-state index in [-0.39, 0.29) is 25.4 Å². The highest BCUT2D eigenvalue weighted by Gasteiger charge is 2.38. The summed E-state index contributed by atoms with van der Waals surface area (Å²) in [4.78, 5) is 29.7. The van der Waals surface area contributed by atoms with Crippen LogP contribution in [0.2, 0.25) is 0 Å². The number of carbonyl (C=O) groups is 2. The third-order valence-electron chi connectivity index (χ3n) is 5.86. The summed E-state index contributed by atoms with van der Waals surface area (Å²) in [6.45, 7) is 0.193. The van der Waals surface area contributed by atoms with Crippen molar-refractivity contribution >= 4 is 12.1 Å². The van der Waals surface area contributed by atoms with Crippen LogP contribution in [0.1, 0.15) is 29.9 Å². The molecule has 1 N–H and O–H groups in total. The van der Waals surface area contributed by atoms with Gasteiger partial charge < -0.3 is 14.7 Å². The molecule has 1 amide bonds. The minimum Gasteiger partial charge on any atom is -0.481 e. The number of ether oxygens (including phenoxy) is 1. The van der Waals surface area contributed by atoms with Gasteiger partial charge in [0.1, 0.15) is 18.4 Å². The summed E-state index contributed by atoms with van der Waals surface area (Å²) in [6.07, 6.45) is 6.92. The molecule has 2 aromatic rings. The van der Waals surface area contributed by atoms with Crippen molar-refractivity contribution < 1.29 is 24.3 Å². The molecule has 1 aliphatic heterocycles. The van der Waals surface area contributed by atoms with E-state index in [0.29, 0.717) is 5.76 Å². The zero-order valence-corrected chi connectivity index (χ0v) is 16.7. The highest BCUT2D eigenvalue weighted by atomic mass is 16.7. The fourth-order valence-corrected chi connectivity index (χ4v) is 4.44. The quantitative estimate of drug-likeness (QED) is 0.759. The Morgan fingerprint density at radius 2 is 1.68 bits per heavy atom. The first kappa shape index (κ1) is 19.2. The maximum atomic E-state index is 12.9. The van der Waals surface area contributed by atoms with Crippen molar-refractivity contribution in [2.75, 3.05) is 6.61 Å². The fraction of sp³-hybridized carbons (Fsp3) is 0.200. The monoisotopic (exact) mass is 415 g/mol. The van der Waals surface area contributed by atoms with Crippen LogP contribution in [-0.4, -0.2) is 34.9 Å². The number of carboxylic acid groups (broad SMARTS) is 1. The number of amides is 1. The molecule has 1 atom stereocenters. The first-order valence-corrected chi connectivity index (χ1v) is 10.3.